The number of piperazine rings is 1. The number of aliphatic imine (C=N–C) groups is 1. The van der Waals surface area contributed by atoms with E-state index in [2.05, 4.69) is 20.1 Å². The number of hydrogen-bond donors (Lipinski definition) is 1. The van der Waals surface area contributed by atoms with Crippen LogP contribution in [-0.4, -0.2) is 51.2 Å². The summed E-state index contributed by atoms with van der Waals surface area (Å²) < 4.78 is 18.5. The molecule has 1 heterocycles. The summed E-state index contributed by atoms with van der Waals surface area (Å²) >= 11 is 0. The lowest BCUT2D eigenvalue weighted by Gasteiger charge is -2.37. The Bertz CT molecular complexity index is 740. The number of nitrogens with one attached hydrogen (secondary N) is 1. The highest BCUT2D eigenvalue weighted by atomic mass is 19.1. The van der Waals surface area contributed by atoms with Crippen molar-refractivity contribution in [1.82, 2.24) is 10.2 Å². The average Bonchev–Trinajstić information content (AvgIpc) is 2.70. The Balaban J connectivity index is 1.56. The lowest BCUT2D eigenvalue weighted by Crippen LogP contribution is -2.52. The monoisotopic (exact) mass is 356 g/mol. The minimum atomic E-state index is -0.201. The number of guanidine groups is 1. The predicted octanol–water partition coefficient (Wildman–Crippen LogP) is 2.73. The maximum Gasteiger partial charge on any atom is 0.194 e. The van der Waals surface area contributed by atoms with Gasteiger partial charge in [0.2, 0.25) is 0 Å². The Morgan fingerprint density at radius 1 is 1.08 bits per heavy atom. The largest absolute Gasteiger partial charge is 0.496 e. The normalized spacial score (nSPS) is 15.1. The van der Waals surface area contributed by atoms with Gasteiger partial charge in [-0.3, -0.25) is 4.99 Å². The quantitative estimate of drug-likeness (QED) is 0.676. The fraction of sp³-hybridized carbons (Fsp3) is 0.350. The Morgan fingerprint density at radius 2 is 1.77 bits per heavy atom. The van der Waals surface area contributed by atoms with E-state index in [-0.39, 0.29) is 5.82 Å². The van der Waals surface area contributed by atoms with Crippen LogP contribution >= 0.6 is 0 Å². The van der Waals surface area contributed by atoms with Crippen LogP contribution in [0.5, 0.6) is 5.75 Å². The molecule has 1 aliphatic rings. The van der Waals surface area contributed by atoms with E-state index in [1.54, 1.807) is 14.2 Å². The number of benzene rings is 2. The molecule has 138 valence electrons. The summed E-state index contributed by atoms with van der Waals surface area (Å²) in [6.45, 7) is 4.14. The van der Waals surface area contributed by atoms with Crippen LogP contribution in [0.25, 0.3) is 0 Å². The molecule has 1 aliphatic heterocycles. The molecule has 0 unspecified atom stereocenters. The van der Waals surface area contributed by atoms with E-state index in [9.17, 15) is 4.39 Å². The van der Waals surface area contributed by atoms with Crippen molar-refractivity contribution in [2.24, 2.45) is 4.99 Å². The van der Waals surface area contributed by atoms with Crippen molar-refractivity contribution in [2.75, 3.05) is 45.2 Å². The van der Waals surface area contributed by atoms with Crippen molar-refractivity contribution < 1.29 is 9.13 Å². The summed E-state index contributed by atoms with van der Waals surface area (Å²) in [5.74, 6) is 1.56. The van der Waals surface area contributed by atoms with Gasteiger partial charge in [0, 0.05) is 51.0 Å². The third-order valence-electron chi connectivity index (χ3n) is 4.61. The van der Waals surface area contributed by atoms with Crippen molar-refractivity contribution in [3.05, 3.63) is 59.9 Å². The number of ether oxygens (including phenoxy) is 1. The molecule has 5 nitrogen and oxygen atoms in total. The van der Waals surface area contributed by atoms with Gasteiger partial charge in [-0.05, 0) is 30.3 Å². The first-order valence-electron chi connectivity index (χ1n) is 8.79. The number of nitrogens with zero attached hydrogens (tertiary/aromatic N) is 3. The Kier molecular flexibility index (Phi) is 5.94. The van der Waals surface area contributed by atoms with E-state index in [0.29, 0.717) is 6.54 Å². The number of para-hydroxylation sites is 1. The molecule has 0 amide bonds. The van der Waals surface area contributed by atoms with E-state index >= 15 is 0 Å². The molecule has 0 spiro atoms. The van der Waals surface area contributed by atoms with Crippen molar-refractivity contribution in [2.45, 2.75) is 6.54 Å². The van der Waals surface area contributed by atoms with Gasteiger partial charge < -0.3 is 19.9 Å². The van der Waals surface area contributed by atoms with Gasteiger partial charge in [0.1, 0.15) is 11.6 Å². The molecule has 6 heteroatoms. The molecule has 0 aliphatic carbocycles. The predicted molar refractivity (Wildman–Crippen MR) is 103 cm³/mol. The van der Waals surface area contributed by atoms with Gasteiger partial charge in [-0.25, -0.2) is 4.39 Å². The van der Waals surface area contributed by atoms with Gasteiger partial charge in [0.15, 0.2) is 5.96 Å². The fourth-order valence-electron chi connectivity index (χ4n) is 3.18. The lowest BCUT2D eigenvalue weighted by molar-refractivity contribution is 0.371. The summed E-state index contributed by atoms with van der Waals surface area (Å²) in [7, 11) is 3.49. The molecule has 1 saturated heterocycles. The van der Waals surface area contributed by atoms with Crippen LogP contribution in [0, 0.1) is 5.82 Å². The maximum atomic E-state index is 13.1. The van der Waals surface area contributed by atoms with Gasteiger partial charge in [-0.15, -0.1) is 0 Å². The van der Waals surface area contributed by atoms with Gasteiger partial charge in [-0.2, -0.15) is 0 Å². The lowest BCUT2D eigenvalue weighted by atomic mass is 10.2. The van der Waals surface area contributed by atoms with E-state index in [1.807, 2.05) is 36.4 Å². The molecule has 0 bridgehead atoms. The first-order chi connectivity index (χ1) is 12.7. The van der Waals surface area contributed by atoms with Crippen LogP contribution < -0.4 is 15.0 Å². The zero-order valence-corrected chi connectivity index (χ0v) is 15.3. The molecule has 0 saturated carbocycles. The Morgan fingerprint density at radius 3 is 2.42 bits per heavy atom. The molecular weight excluding hydrogens is 331 g/mol. The molecule has 1 N–H and O–H groups in total. The van der Waals surface area contributed by atoms with Crippen molar-refractivity contribution in [3.63, 3.8) is 0 Å². The molecule has 0 atom stereocenters. The number of rotatable bonds is 4. The summed E-state index contributed by atoms with van der Waals surface area (Å²) in [5.41, 5.74) is 2.16. The van der Waals surface area contributed by atoms with Crippen molar-refractivity contribution in [3.8, 4) is 5.75 Å². The number of hydrogen-bond acceptors (Lipinski definition) is 3. The molecule has 0 radical (unpaired) electrons. The second-order valence-corrected chi connectivity index (χ2v) is 6.16. The minimum absolute atomic E-state index is 0.201. The minimum Gasteiger partial charge on any atom is -0.496 e. The smallest absolute Gasteiger partial charge is 0.194 e. The molecule has 1 fully saturated rings. The summed E-state index contributed by atoms with van der Waals surface area (Å²) in [6, 6.07) is 14.7. The van der Waals surface area contributed by atoms with Crippen molar-refractivity contribution in [1.29, 1.82) is 0 Å². The van der Waals surface area contributed by atoms with Crippen LogP contribution in [-0.2, 0) is 6.54 Å². The summed E-state index contributed by atoms with van der Waals surface area (Å²) in [5, 5.41) is 3.42. The van der Waals surface area contributed by atoms with Crippen LogP contribution in [0.1, 0.15) is 5.56 Å². The van der Waals surface area contributed by atoms with E-state index in [0.717, 1.165) is 49.1 Å². The van der Waals surface area contributed by atoms with Crippen molar-refractivity contribution >= 4 is 11.6 Å². The zero-order valence-electron chi connectivity index (χ0n) is 15.3. The highest BCUT2D eigenvalue weighted by Crippen LogP contribution is 2.18. The molecular formula is C20H25FN4O. The maximum absolute atomic E-state index is 13.1. The first-order valence-corrected chi connectivity index (χ1v) is 8.79. The number of halogens is 1. The standard InChI is InChI=1S/C20H25FN4O/c1-22-20(23-15-16-5-3-4-6-19(16)26-2)25-13-11-24(12-14-25)18-9-7-17(21)8-10-18/h3-10H,11-15H2,1-2H3,(H,22,23). The molecule has 2 aromatic rings. The average molecular weight is 356 g/mol. The van der Waals surface area contributed by atoms with Gasteiger partial charge in [0.25, 0.3) is 0 Å². The van der Waals surface area contributed by atoms with Gasteiger partial charge >= 0.3 is 0 Å². The van der Waals surface area contributed by atoms with Crippen LogP contribution in [0.15, 0.2) is 53.5 Å². The zero-order chi connectivity index (χ0) is 18.4. The Labute approximate surface area is 154 Å². The third kappa shape index (κ3) is 4.25. The fourth-order valence-corrected chi connectivity index (χ4v) is 3.18. The first kappa shape index (κ1) is 18.0. The summed E-state index contributed by atoms with van der Waals surface area (Å²) in [6.07, 6.45) is 0. The SMILES string of the molecule is CN=C(NCc1ccccc1OC)N1CCN(c2ccc(F)cc2)CC1. The second-order valence-electron chi connectivity index (χ2n) is 6.16. The second kappa shape index (κ2) is 8.56. The Hall–Kier alpha value is -2.76. The van der Waals surface area contributed by atoms with Crippen LogP contribution in [0.2, 0.25) is 0 Å². The highest BCUT2D eigenvalue weighted by Gasteiger charge is 2.20. The topological polar surface area (TPSA) is 40.1 Å². The third-order valence-corrected chi connectivity index (χ3v) is 4.61. The number of methoxy groups -OCH3 is 1. The van der Waals surface area contributed by atoms with E-state index in [1.165, 1.54) is 12.1 Å². The molecule has 2 aromatic carbocycles. The number of anilines is 1. The van der Waals surface area contributed by atoms with Gasteiger partial charge in [-0.1, -0.05) is 18.2 Å². The molecule has 26 heavy (non-hydrogen) atoms. The highest BCUT2D eigenvalue weighted by molar-refractivity contribution is 5.80. The molecule has 3 rings (SSSR count). The summed E-state index contributed by atoms with van der Waals surface area (Å²) in [4.78, 5) is 8.93. The van der Waals surface area contributed by atoms with E-state index < -0.39 is 0 Å². The van der Waals surface area contributed by atoms with Gasteiger partial charge in [0.05, 0.1) is 7.11 Å². The molecule has 0 aromatic heterocycles. The van der Waals surface area contributed by atoms with E-state index in [4.69, 9.17) is 4.74 Å². The van der Waals surface area contributed by atoms with Crippen LogP contribution in [0.3, 0.4) is 0 Å². The van der Waals surface area contributed by atoms with Crippen LogP contribution in [0.4, 0.5) is 10.1 Å².